The molecule has 3 rings (SSSR count). The Morgan fingerprint density at radius 3 is 2.56 bits per heavy atom. The second kappa shape index (κ2) is 8.91. The van der Waals surface area contributed by atoms with E-state index in [4.69, 9.17) is 9.47 Å². The molecule has 1 fully saturated rings. The van der Waals surface area contributed by atoms with E-state index < -0.39 is 0 Å². The van der Waals surface area contributed by atoms with Crippen molar-refractivity contribution in [3.8, 4) is 11.5 Å². The molecule has 2 aromatic rings. The van der Waals surface area contributed by atoms with E-state index >= 15 is 0 Å². The lowest BCUT2D eigenvalue weighted by Crippen LogP contribution is -2.25. The highest BCUT2D eigenvalue weighted by Crippen LogP contribution is 2.30. The van der Waals surface area contributed by atoms with Crippen molar-refractivity contribution in [2.24, 2.45) is 0 Å². The van der Waals surface area contributed by atoms with E-state index in [-0.39, 0.29) is 0 Å². The van der Waals surface area contributed by atoms with E-state index in [1.165, 1.54) is 42.4 Å². The van der Waals surface area contributed by atoms with Crippen molar-refractivity contribution >= 4 is 0 Å². The summed E-state index contributed by atoms with van der Waals surface area (Å²) in [4.78, 5) is 0. The first-order valence-corrected chi connectivity index (χ1v) is 9.42. The molecule has 0 unspecified atom stereocenters. The van der Waals surface area contributed by atoms with Gasteiger partial charge in [0.05, 0.1) is 6.61 Å². The van der Waals surface area contributed by atoms with Crippen molar-refractivity contribution < 1.29 is 9.47 Å². The van der Waals surface area contributed by atoms with Crippen molar-refractivity contribution in [2.75, 3.05) is 6.61 Å². The van der Waals surface area contributed by atoms with Gasteiger partial charge in [-0.25, -0.2) is 0 Å². The van der Waals surface area contributed by atoms with E-state index in [0.717, 1.165) is 18.0 Å². The second-order valence-electron chi connectivity index (χ2n) is 6.79. The monoisotopic (exact) mass is 339 g/mol. The molecule has 1 aliphatic rings. The van der Waals surface area contributed by atoms with Crippen LogP contribution in [0.5, 0.6) is 11.5 Å². The molecule has 0 aromatic heterocycles. The lowest BCUT2D eigenvalue weighted by atomic mass is 10.1. The Balaban J connectivity index is 1.64. The van der Waals surface area contributed by atoms with Gasteiger partial charge in [0.15, 0.2) is 11.5 Å². The zero-order valence-electron chi connectivity index (χ0n) is 15.4. The molecule has 1 N–H and O–H groups in total. The van der Waals surface area contributed by atoms with Gasteiger partial charge in [0, 0.05) is 12.6 Å². The van der Waals surface area contributed by atoms with Gasteiger partial charge in [0.2, 0.25) is 0 Å². The van der Waals surface area contributed by atoms with Gasteiger partial charge < -0.3 is 14.8 Å². The Morgan fingerprint density at radius 1 is 1.00 bits per heavy atom. The first-order chi connectivity index (χ1) is 12.3. The fourth-order valence-corrected chi connectivity index (χ4v) is 3.37. The van der Waals surface area contributed by atoms with Crippen LogP contribution >= 0.6 is 0 Å². The van der Waals surface area contributed by atoms with Crippen LogP contribution in [0.4, 0.5) is 0 Å². The van der Waals surface area contributed by atoms with Crippen molar-refractivity contribution in [3.05, 3.63) is 59.2 Å². The molecule has 1 saturated carbocycles. The first kappa shape index (κ1) is 17.8. The average Bonchev–Trinajstić information content (AvgIpc) is 3.14. The maximum absolute atomic E-state index is 6.04. The minimum atomic E-state index is 0.562. The lowest BCUT2D eigenvalue weighted by Gasteiger charge is -2.16. The van der Waals surface area contributed by atoms with Gasteiger partial charge in [-0.3, -0.25) is 0 Å². The topological polar surface area (TPSA) is 30.5 Å². The predicted molar refractivity (Wildman–Crippen MR) is 102 cm³/mol. The Kier molecular flexibility index (Phi) is 6.35. The summed E-state index contributed by atoms with van der Waals surface area (Å²) in [6.45, 7) is 6.21. The number of aryl methyl sites for hydroxylation is 1. The summed E-state index contributed by atoms with van der Waals surface area (Å²) in [7, 11) is 0. The van der Waals surface area contributed by atoms with E-state index in [1.54, 1.807) is 0 Å². The first-order valence-electron chi connectivity index (χ1n) is 9.42. The zero-order chi connectivity index (χ0) is 17.5. The Hall–Kier alpha value is -2.00. The third kappa shape index (κ3) is 4.99. The molecule has 3 heteroatoms. The predicted octanol–water partition coefficient (Wildman–Crippen LogP) is 5.00. The smallest absolute Gasteiger partial charge is 0.161 e. The van der Waals surface area contributed by atoms with Gasteiger partial charge in [-0.05, 0) is 55.5 Å². The van der Waals surface area contributed by atoms with Crippen molar-refractivity contribution in [1.29, 1.82) is 0 Å². The molecule has 0 amide bonds. The summed E-state index contributed by atoms with van der Waals surface area (Å²) in [5.74, 6) is 1.65. The molecule has 2 aromatic carbocycles. The molecule has 0 saturated heterocycles. The number of hydrogen-bond acceptors (Lipinski definition) is 3. The summed E-state index contributed by atoms with van der Waals surface area (Å²) in [5.41, 5.74) is 3.70. The summed E-state index contributed by atoms with van der Waals surface area (Å²) in [6, 6.07) is 15.3. The van der Waals surface area contributed by atoms with Crippen LogP contribution in [0.15, 0.2) is 42.5 Å². The molecule has 0 heterocycles. The minimum Gasteiger partial charge on any atom is -0.490 e. The molecular weight excluding hydrogens is 310 g/mol. The number of nitrogens with one attached hydrogen (secondary N) is 1. The maximum Gasteiger partial charge on any atom is 0.161 e. The van der Waals surface area contributed by atoms with Crippen molar-refractivity contribution in [2.45, 2.75) is 58.7 Å². The molecule has 25 heavy (non-hydrogen) atoms. The van der Waals surface area contributed by atoms with Gasteiger partial charge in [0.1, 0.15) is 6.61 Å². The highest BCUT2D eigenvalue weighted by molar-refractivity contribution is 5.43. The third-order valence-corrected chi connectivity index (χ3v) is 4.90. The van der Waals surface area contributed by atoms with E-state index in [2.05, 4.69) is 42.6 Å². The molecule has 1 aliphatic carbocycles. The van der Waals surface area contributed by atoms with Crippen LogP contribution in [0, 0.1) is 6.92 Å². The largest absolute Gasteiger partial charge is 0.490 e. The maximum atomic E-state index is 6.04. The molecule has 0 spiro atoms. The second-order valence-corrected chi connectivity index (χ2v) is 6.79. The van der Waals surface area contributed by atoms with Crippen LogP contribution in [0.2, 0.25) is 0 Å². The highest BCUT2D eigenvalue weighted by atomic mass is 16.5. The van der Waals surface area contributed by atoms with Crippen molar-refractivity contribution in [1.82, 2.24) is 5.32 Å². The molecule has 3 nitrogen and oxygen atoms in total. The third-order valence-electron chi connectivity index (χ3n) is 4.90. The van der Waals surface area contributed by atoms with Crippen LogP contribution in [0.1, 0.15) is 49.3 Å². The molecule has 0 bridgehead atoms. The Morgan fingerprint density at radius 2 is 1.80 bits per heavy atom. The molecule has 0 atom stereocenters. The number of hydrogen-bond donors (Lipinski definition) is 1. The molecule has 134 valence electrons. The van der Waals surface area contributed by atoms with E-state index in [0.29, 0.717) is 19.3 Å². The van der Waals surface area contributed by atoms with Crippen LogP contribution in [-0.2, 0) is 13.2 Å². The van der Waals surface area contributed by atoms with E-state index in [1.807, 2.05) is 19.1 Å². The van der Waals surface area contributed by atoms with Crippen LogP contribution in [0.25, 0.3) is 0 Å². The zero-order valence-corrected chi connectivity index (χ0v) is 15.4. The van der Waals surface area contributed by atoms with E-state index in [9.17, 15) is 0 Å². The van der Waals surface area contributed by atoms with Gasteiger partial charge in [0.25, 0.3) is 0 Å². The SMILES string of the molecule is CCOc1cc(CNC2CCCC2)ccc1OCc1ccccc1C. The standard InChI is InChI=1S/C22H29NO2/c1-3-24-22-14-18(15-23-20-10-6-7-11-20)12-13-21(22)25-16-19-9-5-4-8-17(19)2/h4-5,8-9,12-14,20,23H,3,6-7,10-11,15-16H2,1-2H3. The Labute approximate surface area is 151 Å². The fraction of sp³-hybridized carbons (Fsp3) is 0.455. The lowest BCUT2D eigenvalue weighted by molar-refractivity contribution is 0.268. The minimum absolute atomic E-state index is 0.562. The molecular formula is C22H29NO2. The van der Waals surface area contributed by atoms with Gasteiger partial charge in [-0.2, -0.15) is 0 Å². The van der Waals surface area contributed by atoms with Crippen LogP contribution < -0.4 is 14.8 Å². The van der Waals surface area contributed by atoms with Gasteiger partial charge in [-0.15, -0.1) is 0 Å². The number of ether oxygens (including phenoxy) is 2. The van der Waals surface area contributed by atoms with Crippen LogP contribution in [-0.4, -0.2) is 12.6 Å². The molecule has 0 aliphatic heterocycles. The summed E-state index contributed by atoms with van der Waals surface area (Å²) in [5, 5.41) is 3.66. The van der Waals surface area contributed by atoms with Gasteiger partial charge in [-0.1, -0.05) is 43.2 Å². The quantitative estimate of drug-likeness (QED) is 0.734. The Bertz CT molecular complexity index is 677. The summed E-state index contributed by atoms with van der Waals surface area (Å²) in [6.07, 6.45) is 5.31. The van der Waals surface area contributed by atoms with Crippen molar-refractivity contribution in [3.63, 3.8) is 0 Å². The normalized spacial score (nSPS) is 14.6. The highest BCUT2D eigenvalue weighted by Gasteiger charge is 2.14. The number of rotatable bonds is 8. The molecule has 0 radical (unpaired) electrons. The van der Waals surface area contributed by atoms with Gasteiger partial charge >= 0.3 is 0 Å². The van der Waals surface area contributed by atoms with Crippen LogP contribution in [0.3, 0.4) is 0 Å². The summed E-state index contributed by atoms with van der Waals surface area (Å²) >= 11 is 0. The number of benzene rings is 2. The summed E-state index contributed by atoms with van der Waals surface area (Å²) < 4.78 is 11.9. The average molecular weight is 339 g/mol. The fourth-order valence-electron chi connectivity index (χ4n) is 3.37.